The van der Waals surface area contributed by atoms with E-state index in [0.29, 0.717) is 42.6 Å². The molecule has 0 radical (unpaired) electrons. The van der Waals surface area contributed by atoms with E-state index >= 15 is 0 Å². The molecule has 0 aromatic rings. The molecule has 5 N–H and O–H groups in total. The summed E-state index contributed by atoms with van der Waals surface area (Å²) in [6.45, 7) is 11.4. The lowest BCUT2D eigenvalue weighted by Crippen LogP contribution is -2.62. The van der Waals surface area contributed by atoms with Crippen LogP contribution in [0.15, 0.2) is 12.2 Å². The minimum Gasteiger partial charge on any atom is -0.394 e. The number of aliphatic hydroxyl groups is 5. The normalized spacial score (nSPS) is 59.2. The van der Waals surface area contributed by atoms with Gasteiger partial charge in [-0.15, -0.1) is 0 Å². The Kier molecular flexibility index (Phi) is 7.48. The minimum absolute atomic E-state index is 0.211. The first-order chi connectivity index (χ1) is 19.9. The first kappa shape index (κ1) is 30.1. The summed E-state index contributed by atoms with van der Waals surface area (Å²) in [6.07, 6.45) is 1.45. The van der Waals surface area contributed by atoms with Crippen molar-refractivity contribution in [2.24, 2.45) is 46.3 Å². The molecule has 3 aliphatic heterocycles. The van der Waals surface area contributed by atoms with Crippen LogP contribution in [0.4, 0.5) is 0 Å². The Morgan fingerprint density at radius 2 is 1.74 bits per heavy atom. The Hall–Kier alpha value is -0.620. The third kappa shape index (κ3) is 4.21. The average Bonchev–Trinajstić information content (AvgIpc) is 3.41. The van der Waals surface area contributed by atoms with E-state index in [9.17, 15) is 25.5 Å². The van der Waals surface area contributed by atoms with E-state index in [2.05, 4.69) is 27.4 Å². The monoisotopic (exact) mass is 592 g/mol. The highest BCUT2D eigenvalue weighted by molar-refractivity contribution is 5.17. The molecule has 17 atom stereocenters. The first-order valence-electron chi connectivity index (χ1n) is 16.6. The van der Waals surface area contributed by atoms with Crippen molar-refractivity contribution >= 4 is 0 Å². The number of hydrogen-bond donors (Lipinski definition) is 5. The maximum absolute atomic E-state index is 11.8. The topological polar surface area (TPSA) is 138 Å². The van der Waals surface area contributed by atoms with Crippen molar-refractivity contribution < 1.29 is 44.5 Å². The molecule has 7 fully saturated rings. The third-order valence-corrected chi connectivity index (χ3v) is 13.9. The highest BCUT2D eigenvalue weighted by Crippen LogP contribution is 2.71. The summed E-state index contributed by atoms with van der Waals surface area (Å²) in [5, 5.41) is 52.2. The second-order valence-corrected chi connectivity index (χ2v) is 15.6. The number of rotatable bonds is 3. The summed E-state index contributed by atoms with van der Waals surface area (Å²) in [4.78, 5) is 0. The van der Waals surface area contributed by atoms with E-state index in [0.717, 1.165) is 56.9 Å². The van der Waals surface area contributed by atoms with Gasteiger partial charge in [0.2, 0.25) is 0 Å². The third-order valence-electron chi connectivity index (χ3n) is 13.9. The summed E-state index contributed by atoms with van der Waals surface area (Å²) < 4.78 is 25.0. The smallest absolute Gasteiger partial charge is 0.186 e. The molecule has 0 bridgehead atoms. The van der Waals surface area contributed by atoms with Crippen LogP contribution in [-0.4, -0.2) is 93.6 Å². The van der Waals surface area contributed by atoms with E-state index in [1.165, 1.54) is 0 Å². The van der Waals surface area contributed by atoms with Crippen LogP contribution in [0.3, 0.4) is 0 Å². The van der Waals surface area contributed by atoms with Gasteiger partial charge in [-0.3, -0.25) is 0 Å². The van der Waals surface area contributed by atoms with Crippen molar-refractivity contribution in [3.63, 3.8) is 0 Å². The maximum Gasteiger partial charge on any atom is 0.186 e. The van der Waals surface area contributed by atoms with Crippen LogP contribution in [0.25, 0.3) is 0 Å². The van der Waals surface area contributed by atoms with Gasteiger partial charge in [0.05, 0.1) is 31.5 Å². The Balaban J connectivity index is 1.05. The van der Waals surface area contributed by atoms with E-state index < -0.39 is 49.2 Å². The molecule has 0 aromatic heterocycles. The Bertz CT molecular complexity index is 1040. The highest BCUT2D eigenvalue weighted by atomic mass is 16.7. The van der Waals surface area contributed by atoms with Crippen molar-refractivity contribution in [3.8, 4) is 0 Å². The van der Waals surface area contributed by atoms with Crippen LogP contribution in [0.2, 0.25) is 0 Å². The molecular weight excluding hydrogens is 540 g/mol. The van der Waals surface area contributed by atoms with Crippen LogP contribution in [-0.2, 0) is 18.9 Å². The lowest BCUT2D eigenvalue weighted by atomic mass is 9.43. The lowest BCUT2D eigenvalue weighted by Gasteiger charge is -2.62. The van der Waals surface area contributed by atoms with E-state index in [4.69, 9.17) is 18.9 Å². The van der Waals surface area contributed by atoms with Gasteiger partial charge in [0.25, 0.3) is 0 Å². The molecule has 4 aliphatic carbocycles. The van der Waals surface area contributed by atoms with Gasteiger partial charge in [0.15, 0.2) is 12.1 Å². The second kappa shape index (κ2) is 10.5. The maximum atomic E-state index is 11.8. The SMILES string of the molecule is C=C1CC[C@@]2(OC1)O[C@H]1C[C@H]3[C@@H]4CC[C@H]5C[C@H](O[C@@H]6O[C@H](CO)[C@@H](O)[C@H](O)[C@H]6O)C[C@@H](O)[C@]5(C)[C@H]4CC[C@]3(C)[C@H]1[C@@H]2C. The molecule has 3 saturated heterocycles. The van der Waals surface area contributed by atoms with Crippen LogP contribution < -0.4 is 0 Å². The van der Waals surface area contributed by atoms with Gasteiger partial charge < -0.3 is 44.5 Å². The van der Waals surface area contributed by atoms with Gasteiger partial charge in [0, 0.05) is 18.8 Å². The second-order valence-electron chi connectivity index (χ2n) is 15.6. The van der Waals surface area contributed by atoms with Crippen LogP contribution in [0.1, 0.15) is 78.6 Å². The zero-order valence-electron chi connectivity index (χ0n) is 25.4. The van der Waals surface area contributed by atoms with E-state index in [1.54, 1.807) is 0 Å². The summed E-state index contributed by atoms with van der Waals surface area (Å²) >= 11 is 0. The molecule has 9 nitrogen and oxygen atoms in total. The van der Waals surface area contributed by atoms with Gasteiger partial charge in [0.1, 0.15) is 24.4 Å². The molecule has 1 spiro atoms. The summed E-state index contributed by atoms with van der Waals surface area (Å²) in [6, 6.07) is 0. The predicted molar refractivity (Wildman–Crippen MR) is 152 cm³/mol. The molecule has 9 heteroatoms. The minimum atomic E-state index is -1.47. The van der Waals surface area contributed by atoms with Gasteiger partial charge in [-0.2, -0.15) is 0 Å². The summed E-state index contributed by atoms with van der Waals surface area (Å²) in [5.41, 5.74) is 1.16. The van der Waals surface area contributed by atoms with Gasteiger partial charge >= 0.3 is 0 Å². The molecule has 0 aromatic carbocycles. The number of hydrogen-bond acceptors (Lipinski definition) is 9. The molecule has 42 heavy (non-hydrogen) atoms. The molecule has 7 rings (SSSR count). The van der Waals surface area contributed by atoms with Crippen LogP contribution in [0.5, 0.6) is 0 Å². The predicted octanol–water partition coefficient (Wildman–Crippen LogP) is 2.51. The van der Waals surface area contributed by atoms with Crippen LogP contribution in [0, 0.1) is 46.3 Å². The Labute approximate surface area is 249 Å². The average molecular weight is 593 g/mol. The van der Waals surface area contributed by atoms with Crippen molar-refractivity contribution in [2.75, 3.05) is 13.2 Å². The molecule has 3 heterocycles. The molecule has 7 aliphatic rings. The van der Waals surface area contributed by atoms with Crippen molar-refractivity contribution in [1.29, 1.82) is 0 Å². The number of aliphatic hydroxyl groups excluding tert-OH is 5. The lowest BCUT2D eigenvalue weighted by molar-refractivity contribution is -0.320. The highest BCUT2D eigenvalue weighted by Gasteiger charge is 2.69. The van der Waals surface area contributed by atoms with E-state index in [-0.39, 0.29) is 29.0 Å². The largest absolute Gasteiger partial charge is 0.394 e. The van der Waals surface area contributed by atoms with Gasteiger partial charge in [-0.25, -0.2) is 0 Å². The quantitative estimate of drug-likeness (QED) is 0.247. The van der Waals surface area contributed by atoms with Crippen molar-refractivity contribution in [1.82, 2.24) is 0 Å². The van der Waals surface area contributed by atoms with Gasteiger partial charge in [-0.05, 0) is 85.4 Å². The molecule has 0 amide bonds. The summed E-state index contributed by atoms with van der Waals surface area (Å²) in [5.74, 6) is 2.26. The Morgan fingerprint density at radius 3 is 2.45 bits per heavy atom. The number of fused-ring (bicyclic) bond motifs is 7. The molecule has 4 saturated carbocycles. The van der Waals surface area contributed by atoms with Gasteiger partial charge in [-0.1, -0.05) is 32.9 Å². The standard InChI is InChI=1S/C33H52O9/c1-16-7-10-33(39-15-16)17(2)26-23(42-33)13-22-20-6-5-18-11-19(40-30-29(38)28(37)27(36)24(14-34)41-30)12-25(35)32(18,4)21(20)8-9-31(22,26)3/h17-30,34-38H,1,5-15H2,2-4H3/t17-,18-,19-,20+,21-,22-,23-,24+,25+,26-,27+,28-,29+,30+,31-,32-,33+/m0/s1. The van der Waals surface area contributed by atoms with Crippen LogP contribution >= 0.6 is 0 Å². The van der Waals surface area contributed by atoms with Crippen molar-refractivity contribution in [3.05, 3.63) is 12.2 Å². The fraction of sp³-hybridized carbons (Fsp3) is 0.939. The zero-order chi connectivity index (χ0) is 29.8. The summed E-state index contributed by atoms with van der Waals surface area (Å²) in [7, 11) is 0. The van der Waals surface area contributed by atoms with Crippen molar-refractivity contribution in [2.45, 2.75) is 133 Å². The fourth-order valence-corrected chi connectivity index (χ4v) is 11.6. The fourth-order valence-electron chi connectivity index (χ4n) is 11.6. The van der Waals surface area contributed by atoms with E-state index in [1.807, 2.05) is 0 Å². The number of ether oxygens (including phenoxy) is 4. The molecule has 0 unspecified atom stereocenters. The zero-order valence-corrected chi connectivity index (χ0v) is 25.4. The first-order valence-corrected chi connectivity index (χ1v) is 16.6. The Morgan fingerprint density at radius 1 is 0.952 bits per heavy atom. The molecule has 238 valence electrons. The molecular formula is C33H52O9.